The molecule has 124 valence electrons. The number of aliphatic imine (C=N–C) groups is 1. The van der Waals surface area contributed by atoms with Gasteiger partial charge in [-0.3, -0.25) is 14.4 Å². The molecule has 24 heavy (non-hydrogen) atoms. The molecule has 3 rings (SSSR count). The van der Waals surface area contributed by atoms with Crippen LogP contribution in [0.2, 0.25) is 0 Å². The van der Waals surface area contributed by atoms with Crippen molar-refractivity contribution in [2.75, 3.05) is 5.75 Å². The van der Waals surface area contributed by atoms with Gasteiger partial charge in [0.2, 0.25) is 0 Å². The number of hydrogen-bond acceptors (Lipinski definition) is 4. The maximum Gasteiger partial charge on any atom is 0.573 e. The Morgan fingerprint density at radius 3 is 2.50 bits per heavy atom. The number of nitrogens with zero attached hydrogens (tertiary/aromatic N) is 2. The van der Waals surface area contributed by atoms with Crippen LogP contribution in [0.5, 0.6) is 5.75 Å². The van der Waals surface area contributed by atoms with E-state index in [9.17, 15) is 18.0 Å². The number of thioether (sulfide) groups is 1. The van der Waals surface area contributed by atoms with Gasteiger partial charge in [0.1, 0.15) is 5.75 Å². The third-order valence-electron chi connectivity index (χ3n) is 3.20. The smallest absolute Gasteiger partial charge is 0.406 e. The summed E-state index contributed by atoms with van der Waals surface area (Å²) in [5, 5.41) is 1.87. The minimum Gasteiger partial charge on any atom is -0.406 e. The molecule has 0 unspecified atom stereocenters. The second kappa shape index (κ2) is 6.56. The van der Waals surface area contributed by atoms with E-state index in [1.807, 2.05) is 5.41 Å². The molecule has 0 spiro atoms. The Balaban J connectivity index is 1.93. The predicted octanol–water partition coefficient (Wildman–Crippen LogP) is 3.74. The quantitative estimate of drug-likeness (QED) is 0.845. The summed E-state index contributed by atoms with van der Waals surface area (Å²) >= 11 is 1.59. The number of halogens is 3. The van der Waals surface area contributed by atoms with Gasteiger partial charge in [0.15, 0.2) is 0 Å². The average molecular weight is 352 g/mol. The van der Waals surface area contributed by atoms with Crippen LogP contribution in [-0.2, 0) is 0 Å². The first-order valence-corrected chi connectivity index (χ1v) is 7.90. The highest BCUT2D eigenvalue weighted by Crippen LogP contribution is 2.23. The molecule has 1 aromatic heterocycles. The van der Waals surface area contributed by atoms with E-state index >= 15 is 0 Å². The zero-order valence-corrected chi connectivity index (χ0v) is 13.0. The van der Waals surface area contributed by atoms with Crippen LogP contribution < -0.4 is 10.3 Å². The molecule has 0 saturated heterocycles. The van der Waals surface area contributed by atoms with Gasteiger partial charge in [-0.1, -0.05) is 0 Å². The summed E-state index contributed by atoms with van der Waals surface area (Å²) in [6.07, 6.45) is -1.44. The maximum atomic E-state index is 12.2. The highest BCUT2D eigenvalue weighted by Gasteiger charge is 2.30. The standard InChI is InChI=1S/C16H11F3N2O2S/c17-16(18,19)23-13-4-2-12(3-5-13)21-9-11(1-6-15(21)22)14-10-24-8-7-20-14/h1-9H,10H2. The number of benzene rings is 1. The van der Waals surface area contributed by atoms with Crippen molar-refractivity contribution in [1.82, 2.24) is 4.57 Å². The Morgan fingerprint density at radius 2 is 1.88 bits per heavy atom. The topological polar surface area (TPSA) is 43.6 Å². The van der Waals surface area contributed by atoms with Gasteiger partial charge in [0, 0.05) is 35.5 Å². The minimum atomic E-state index is -4.75. The number of hydrogen-bond donors (Lipinski definition) is 0. The fraction of sp³-hybridized carbons (Fsp3) is 0.125. The van der Waals surface area contributed by atoms with Gasteiger partial charge in [-0.25, -0.2) is 0 Å². The summed E-state index contributed by atoms with van der Waals surface area (Å²) in [4.78, 5) is 16.3. The largest absolute Gasteiger partial charge is 0.573 e. The Kier molecular flexibility index (Phi) is 4.48. The lowest BCUT2D eigenvalue weighted by molar-refractivity contribution is -0.274. The molecule has 0 aliphatic carbocycles. The molecular formula is C16H11F3N2O2S. The zero-order valence-electron chi connectivity index (χ0n) is 12.2. The molecule has 8 heteroatoms. The number of aromatic nitrogens is 1. The summed E-state index contributed by atoms with van der Waals surface area (Å²) in [5.74, 6) is 0.348. The monoisotopic (exact) mass is 352 g/mol. The van der Waals surface area contributed by atoms with E-state index in [0.717, 1.165) is 11.3 Å². The van der Waals surface area contributed by atoms with Crippen LogP contribution in [0.4, 0.5) is 13.2 Å². The highest BCUT2D eigenvalue weighted by atomic mass is 32.2. The molecular weight excluding hydrogens is 341 g/mol. The third-order valence-corrected chi connectivity index (χ3v) is 3.95. The van der Waals surface area contributed by atoms with Crippen LogP contribution in [0.25, 0.3) is 5.69 Å². The summed E-state index contributed by atoms with van der Waals surface area (Å²) in [6.45, 7) is 0. The fourth-order valence-corrected chi connectivity index (χ4v) is 2.80. The first kappa shape index (κ1) is 16.4. The molecule has 0 bridgehead atoms. The van der Waals surface area contributed by atoms with E-state index in [2.05, 4.69) is 9.73 Å². The fourth-order valence-electron chi connectivity index (χ4n) is 2.15. The van der Waals surface area contributed by atoms with Gasteiger partial charge in [-0.2, -0.15) is 0 Å². The summed E-state index contributed by atoms with van der Waals surface area (Å²) in [6, 6.07) is 8.20. The van der Waals surface area contributed by atoms with Gasteiger partial charge in [-0.15, -0.1) is 24.9 Å². The molecule has 0 radical (unpaired) electrons. The van der Waals surface area contributed by atoms with Gasteiger partial charge < -0.3 is 4.74 Å². The molecule has 1 aliphatic rings. The summed E-state index contributed by atoms with van der Waals surface area (Å²) < 4.78 is 41.8. The van der Waals surface area contributed by atoms with Crippen LogP contribution >= 0.6 is 11.8 Å². The number of alkyl halides is 3. The summed E-state index contributed by atoms with van der Waals surface area (Å²) in [7, 11) is 0. The van der Waals surface area contributed by atoms with Gasteiger partial charge in [0.05, 0.1) is 5.71 Å². The SMILES string of the molecule is O=c1ccc(C2=NC=CSC2)cn1-c1ccc(OC(F)(F)F)cc1. The van der Waals surface area contributed by atoms with Gasteiger partial charge in [0.25, 0.3) is 5.56 Å². The van der Waals surface area contributed by atoms with Crippen LogP contribution in [0.1, 0.15) is 5.56 Å². The van der Waals surface area contributed by atoms with Crippen LogP contribution in [0, 0.1) is 0 Å². The van der Waals surface area contributed by atoms with Gasteiger partial charge in [-0.05, 0) is 35.7 Å². The maximum absolute atomic E-state index is 12.2. The van der Waals surface area contributed by atoms with Crippen molar-refractivity contribution in [1.29, 1.82) is 0 Å². The number of ether oxygens (including phenoxy) is 1. The molecule has 4 nitrogen and oxygen atoms in total. The Bertz CT molecular complexity index is 855. The molecule has 0 amide bonds. The van der Waals surface area contributed by atoms with E-state index in [-0.39, 0.29) is 11.3 Å². The van der Waals surface area contributed by atoms with Crippen molar-refractivity contribution in [2.24, 2.45) is 4.99 Å². The molecule has 2 heterocycles. The Hall–Kier alpha value is -2.48. The summed E-state index contributed by atoms with van der Waals surface area (Å²) in [5.41, 5.74) is 1.76. The Morgan fingerprint density at radius 1 is 1.12 bits per heavy atom. The molecule has 0 N–H and O–H groups in total. The van der Waals surface area contributed by atoms with Crippen molar-refractivity contribution in [3.05, 3.63) is 70.1 Å². The second-order valence-corrected chi connectivity index (χ2v) is 5.73. The normalized spacial score (nSPS) is 14.4. The molecule has 1 aromatic carbocycles. The van der Waals surface area contributed by atoms with Crippen molar-refractivity contribution >= 4 is 17.5 Å². The molecule has 0 fully saturated rings. The average Bonchev–Trinajstić information content (AvgIpc) is 2.56. The van der Waals surface area contributed by atoms with Gasteiger partial charge >= 0.3 is 6.36 Å². The first-order chi connectivity index (χ1) is 11.4. The first-order valence-electron chi connectivity index (χ1n) is 6.85. The third kappa shape index (κ3) is 3.88. The molecule has 1 aliphatic heterocycles. The molecule has 0 atom stereocenters. The molecule has 2 aromatic rings. The number of rotatable bonds is 3. The van der Waals surface area contributed by atoms with E-state index in [0.29, 0.717) is 11.4 Å². The predicted molar refractivity (Wildman–Crippen MR) is 86.9 cm³/mol. The minimum absolute atomic E-state index is 0.289. The number of pyridine rings is 1. The van der Waals surface area contributed by atoms with Crippen molar-refractivity contribution in [3.63, 3.8) is 0 Å². The van der Waals surface area contributed by atoms with E-state index in [1.165, 1.54) is 34.9 Å². The molecule has 0 saturated carbocycles. The van der Waals surface area contributed by atoms with E-state index < -0.39 is 6.36 Å². The van der Waals surface area contributed by atoms with Crippen LogP contribution in [0.3, 0.4) is 0 Å². The second-order valence-electron chi connectivity index (χ2n) is 4.84. The van der Waals surface area contributed by atoms with E-state index in [1.54, 1.807) is 30.2 Å². The van der Waals surface area contributed by atoms with Crippen LogP contribution in [0.15, 0.2) is 64.0 Å². The lowest BCUT2D eigenvalue weighted by Crippen LogP contribution is -2.20. The van der Waals surface area contributed by atoms with Crippen molar-refractivity contribution in [3.8, 4) is 11.4 Å². The van der Waals surface area contributed by atoms with Crippen molar-refractivity contribution < 1.29 is 17.9 Å². The zero-order chi connectivity index (χ0) is 17.2. The Labute approximate surface area is 139 Å². The van der Waals surface area contributed by atoms with Crippen molar-refractivity contribution in [2.45, 2.75) is 6.36 Å². The van der Waals surface area contributed by atoms with Crippen LogP contribution in [-0.4, -0.2) is 22.4 Å². The lowest BCUT2D eigenvalue weighted by atomic mass is 10.2. The highest BCUT2D eigenvalue weighted by molar-refractivity contribution is 8.02. The van der Waals surface area contributed by atoms with E-state index in [4.69, 9.17) is 0 Å². The lowest BCUT2D eigenvalue weighted by Gasteiger charge is -2.12.